The van der Waals surface area contributed by atoms with Gasteiger partial charge >= 0.3 is 0 Å². The summed E-state index contributed by atoms with van der Waals surface area (Å²) in [5.41, 5.74) is -6.04. The van der Waals surface area contributed by atoms with Crippen LogP contribution in [0.15, 0.2) is 35.1 Å². The number of carbonyl (C=O) groups excluding carboxylic acids is 4. The highest BCUT2D eigenvalue weighted by Gasteiger charge is 2.77. The first kappa shape index (κ1) is 32.3. The van der Waals surface area contributed by atoms with Crippen molar-refractivity contribution < 1.29 is 39.6 Å². The Kier molecular flexibility index (Phi) is 6.96. The number of phenols is 1. The monoisotopic (exact) mass is 644 g/mol. The number of phenolic OH excluding ortho intramolecular Hbond substituents is 1. The average Bonchev–Trinajstić information content (AvgIpc) is 2.95. The van der Waals surface area contributed by atoms with E-state index in [1.165, 1.54) is 25.3 Å². The summed E-state index contributed by atoms with van der Waals surface area (Å²) in [6.07, 6.45) is 7.09. The van der Waals surface area contributed by atoms with E-state index in [0.29, 0.717) is 29.7 Å². The van der Waals surface area contributed by atoms with Crippen LogP contribution >= 0.6 is 0 Å². The van der Waals surface area contributed by atoms with Crippen LogP contribution in [0.3, 0.4) is 0 Å². The van der Waals surface area contributed by atoms with Gasteiger partial charge < -0.3 is 20.4 Å². The van der Waals surface area contributed by atoms with Gasteiger partial charge in [0.05, 0.1) is 5.56 Å². The Balaban J connectivity index is 1.45. The number of aliphatic hydroxyl groups excluding tert-OH is 2. The summed E-state index contributed by atoms with van der Waals surface area (Å²) in [4.78, 5) is 56.7. The Morgan fingerprint density at radius 3 is 2.06 bits per heavy atom. The summed E-state index contributed by atoms with van der Waals surface area (Å²) in [6.45, 7) is 10.0. The molecule has 8 nitrogen and oxygen atoms in total. The van der Waals surface area contributed by atoms with Gasteiger partial charge in [-0.15, -0.1) is 0 Å². The molecule has 1 aromatic carbocycles. The van der Waals surface area contributed by atoms with Crippen molar-refractivity contribution in [3.63, 3.8) is 0 Å². The fourth-order valence-electron chi connectivity index (χ4n) is 12.7. The van der Waals surface area contributed by atoms with E-state index >= 15 is 0 Å². The number of aliphatic hydroxyl groups is 3. The molecule has 0 aliphatic heterocycles. The molecule has 0 saturated heterocycles. The van der Waals surface area contributed by atoms with Crippen LogP contribution in [0.5, 0.6) is 5.75 Å². The van der Waals surface area contributed by atoms with Gasteiger partial charge in [0.1, 0.15) is 28.6 Å². The van der Waals surface area contributed by atoms with E-state index in [4.69, 9.17) is 0 Å². The van der Waals surface area contributed by atoms with E-state index < -0.39 is 74.5 Å². The molecule has 7 aliphatic carbocycles. The van der Waals surface area contributed by atoms with Crippen LogP contribution in [-0.2, 0) is 19.2 Å². The molecule has 0 aromatic heterocycles. The lowest BCUT2D eigenvalue weighted by atomic mass is 9.37. The first-order valence-corrected chi connectivity index (χ1v) is 17.5. The van der Waals surface area contributed by atoms with Gasteiger partial charge in [-0.1, -0.05) is 46.8 Å². The molecule has 0 heterocycles. The molecule has 8 rings (SSSR count). The number of aromatic hydroxyl groups is 1. The molecule has 6 atom stereocenters. The molecule has 0 radical (unpaired) electrons. The predicted molar refractivity (Wildman–Crippen MR) is 174 cm³/mol. The Hall–Kier alpha value is -3.26. The Morgan fingerprint density at radius 1 is 0.957 bits per heavy atom. The second kappa shape index (κ2) is 10.1. The fourth-order valence-corrected chi connectivity index (χ4v) is 12.7. The standard InChI is InChI=1S/C39H48O8/c1-18(2)30-32(43)28(20(4)40)34(45)39(47)35(46)31-33(44)29-25(8-7-9-26(29)42)19(3)36(31,5)27(37(30,39)6)13-24(41)17-38-14-21-10-22(15-38)12-23(11-21)16-38/h7-9,18-19,21-23,27,30,42,44-45,47H,10-17H2,1-6H3/t19-,21?,22?,23?,27-,30?,36-,37-,38?,39+/m1/s1. The van der Waals surface area contributed by atoms with E-state index in [-0.39, 0.29) is 34.5 Å². The van der Waals surface area contributed by atoms with Gasteiger partial charge in [0.15, 0.2) is 17.2 Å². The van der Waals surface area contributed by atoms with Crippen molar-refractivity contribution in [2.24, 2.45) is 51.8 Å². The van der Waals surface area contributed by atoms with Gasteiger partial charge in [-0.2, -0.15) is 0 Å². The number of benzene rings is 1. The molecular formula is C39H48O8. The molecule has 4 bridgehead atoms. The summed E-state index contributed by atoms with van der Waals surface area (Å²) < 4.78 is 0. The maximum atomic E-state index is 14.9. The zero-order valence-corrected chi connectivity index (χ0v) is 28.4. The number of ketones is 4. The molecule has 1 aromatic rings. The summed E-state index contributed by atoms with van der Waals surface area (Å²) in [6, 6.07) is 4.84. The smallest absolute Gasteiger partial charge is 0.203 e. The molecule has 1 unspecified atom stereocenters. The highest BCUT2D eigenvalue weighted by atomic mass is 16.3. The average molecular weight is 645 g/mol. The minimum atomic E-state index is -2.78. The van der Waals surface area contributed by atoms with Crippen LogP contribution in [0.4, 0.5) is 0 Å². The van der Waals surface area contributed by atoms with Crippen molar-refractivity contribution in [1.82, 2.24) is 0 Å². The van der Waals surface area contributed by atoms with E-state index in [1.807, 2.05) is 13.8 Å². The molecule has 8 heteroatoms. The SMILES string of the molecule is CC(=O)C1=C(O)[C@]2(O)C(=O)C3=C(O)c4c(O)cccc4[C@@H](C)[C@]3(C)[C@@H](CC(=O)CC34CC5CC(CC(C5)C3)C4)[C@]2(C)C(C(C)C)C1=O. The minimum Gasteiger partial charge on any atom is -0.508 e. The number of fused-ring (bicyclic) bond motifs is 3. The molecular weight excluding hydrogens is 596 g/mol. The molecule has 5 fully saturated rings. The summed E-state index contributed by atoms with van der Waals surface area (Å²) in [5.74, 6) is -5.33. The predicted octanol–water partition coefficient (Wildman–Crippen LogP) is 6.54. The zero-order chi connectivity index (χ0) is 34.2. The molecule has 47 heavy (non-hydrogen) atoms. The Labute approximate surface area is 276 Å². The van der Waals surface area contributed by atoms with Crippen molar-refractivity contribution in [2.75, 3.05) is 0 Å². The second-order valence-corrected chi connectivity index (χ2v) is 17.0. The first-order valence-electron chi connectivity index (χ1n) is 17.5. The highest BCUT2D eigenvalue weighted by molar-refractivity contribution is 6.24. The number of allylic oxidation sites excluding steroid dienone is 1. The quantitative estimate of drug-likeness (QED) is 0.255. The maximum Gasteiger partial charge on any atom is 0.203 e. The van der Waals surface area contributed by atoms with E-state index in [9.17, 15) is 39.6 Å². The van der Waals surface area contributed by atoms with Gasteiger partial charge in [0, 0.05) is 35.2 Å². The van der Waals surface area contributed by atoms with Gasteiger partial charge in [-0.25, -0.2) is 0 Å². The Morgan fingerprint density at radius 2 is 1.53 bits per heavy atom. The molecule has 252 valence electrons. The van der Waals surface area contributed by atoms with Crippen molar-refractivity contribution in [1.29, 1.82) is 0 Å². The van der Waals surface area contributed by atoms with Crippen molar-refractivity contribution in [3.05, 3.63) is 46.2 Å². The van der Waals surface area contributed by atoms with Crippen LogP contribution in [0.25, 0.3) is 5.76 Å². The summed E-state index contributed by atoms with van der Waals surface area (Å²) >= 11 is 0. The minimum absolute atomic E-state index is 0.0142. The third-order valence-corrected chi connectivity index (χ3v) is 14.2. The van der Waals surface area contributed by atoms with Crippen LogP contribution < -0.4 is 0 Å². The topological polar surface area (TPSA) is 149 Å². The third-order valence-electron chi connectivity index (χ3n) is 14.2. The molecule has 0 amide bonds. The first-order chi connectivity index (χ1) is 21.9. The fraction of sp³-hybridized carbons (Fsp3) is 0.641. The van der Waals surface area contributed by atoms with Gasteiger partial charge in [0.2, 0.25) is 5.78 Å². The van der Waals surface area contributed by atoms with Crippen molar-refractivity contribution in [2.45, 2.75) is 104 Å². The van der Waals surface area contributed by atoms with Gasteiger partial charge in [0.25, 0.3) is 0 Å². The van der Waals surface area contributed by atoms with E-state index in [0.717, 1.165) is 26.2 Å². The Bertz CT molecular complexity index is 1660. The number of hydrogen-bond donors (Lipinski definition) is 4. The lowest BCUT2D eigenvalue weighted by Crippen LogP contribution is -2.73. The number of Topliss-reactive ketones (excluding diaryl/α,β-unsaturated/α-hetero) is 4. The normalized spacial score (nSPS) is 42.0. The zero-order valence-electron chi connectivity index (χ0n) is 28.4. The molecule has 7 aliphatic rings. The van der Waals surface area contributed by atoms with Gasteiger partial charge in [-0.05, 0) is 98.0 Å². The highest BCUT2D eigenvalue weighted by Crippen LogP contribution is 2.71. The van der Waals surface area contributed by atoms with E-state index in [2.05, 4.69) is 0 Å². The number of rotatable bonds is 6. The van der Waals surface area contributed by atoms with Crippen molar-refractivity contribution in [3.8, 4) is 5.75 Å². The second-order valence-electron chi connectivity index (χ2n) is 17.0. The van der Waals surface area contributed by atoms with Crippen molar-refractivity contribution >= 4 is 28.9 Å². The van der Waals surface area contributed by atoms with Crippen LogP contribution in [0.1, 0.15) is 110 Å². The number of hydrogen-bond acceptors (Lipinski definition) is 8. The summed E-state index contributed by atoms with van der Waals surface area (Å²) in [7, 11) is 0. The third kappa shape index (κ3) is 3.97. The largest absolute Gasteiger partial charge is 0.508 e. The van der Waals surface area contributed by atoms with Crippen LogP contribution in [0.2, 0.25) is 0 Å². The molecule has 5 saturated carbocycles. The van der Waals surface area contributed by atoms with Crippen LogP contribution in [-0.4, -0.2) is 49.2 Å². The van der Waals surface area contributed by atoms with Gasteiger partial charge in [-0.3, -0.25) is 19.2 Å². The van der Waals surface area contributed by atoms with Crippen LogP contribution in [0, 0.1) is 51.8 Å². The lowest BCUT2D eigenvalue weighted by Gasteiger charge is -2.65. The molecule has 0 spiro atoms. The molecule has 4 N–H and O–H groups in total. The number of carbonyl (C=O) groups is 4. The van der Waals surface area contributed by atoms with E-state index in [1.54, 1.807) is 32.9 Å². The maximum absolute atomic E-state index is 14.9. The lowest BCUT2D eigenvalue weighted by molar-refractivity contribution is -0.200. The summed E-state index contributed by atoms with van der Waals surface area (Å²) in [5, 5.41) is 47.4.